The summed E-state index contributed by atoms with van der Waals surface area (Å²) in [5.74, 6) is -1.43. The van der Waals surface area contributed by atoms with Crippen LogP contribution in [0.3, 0.4) is 0 Å². The predicted octanol–water partition coefficient (Wildman–Crippen LogP) is -0.984. The van der Waals surface area contributed by atoms with Crippen molar-refractivity contribution in [2.24, 2.45) is 0 Å². The first kappa shape index (κ1) is 11.0. The van der Waals surface area contributed by atoms with Gasteiger partial charge in [0, 0.05) is 0 Å². The van der Waals surface area contributed by atoms with Crippen LogP contribution in [-0.4, -0.2) is 0 Å². The first-order valence-corrected chi connectivity index (χ1v) is 5.07. The van der Waals surface area contributed by atoms with Crippen molar-refractivity contribution in [1.29, 1.82) is 0 Å². The SMILES string of the molecule is Fc1cccc([CH2][Zn+])c1F.[Cl-]. The van der Waals surface area contributed by atoms with Gasteiger partial charge in [0.1, 0.15) is 0 Å². The van der Waals surface area contributed by atoms with Crippen molar-refractivity contribution < 1.29 is 39.5 Å². The summed E-state index contributed by atoms with van der Waals surface area (Å²) in [7, 11) is 0. The monoisotopic (exact) mass is 226 g/mol. The second kappa shape index (κ2) is 4.79. The average molecular weight is 228 g/mol. The van der Waals surface area contributed by atoms with Gasteiger partial charge in [0.15, 0.2) is 0 Å². The van der Waals surface area contributed by atoms with Gasteiger partial charge in [-0.15, -0.1) is 0 Å². The van der Waals surface area contributed by atoms with E-state index in [9.17, 15) is 8.78 Å². The summed E-state index contributed by atoms with van der Waals surface area (Å²) in [4.78, 5) is 0. The second-order valence-corrected chi connectivity index (χ2v) is 3.01. The molecule has 0 radical (unpaired) electrons. The Labute approximate surface area is 80.1 Å². The normalized spacial score (nSPS) is 9.09. The van der Waals surface area contributed by atoms with Gasteiger partial charge in [-0.3, -0.25) is 0 Å². The molecule has 1 aromatic carbocycles. The Morgan fingerprint density at radius 3 is 2.36 bits per heavy atom. The summed E-state index contributed by atoms with van der Waals surface area (Å²) in [5.41, 5.74) is 0.486. The molecule has 0 saturated carbocycles. The zero-order valence-electron chi connectivity index (χ0n) is 5.78. The molecule has 0 aliphatic heterocycles. The molecule has 56 valence electrons. The van der Waals surface area contributed by atoms with Crippen LogP contribution in [0.4, 0.5) is 8.78 Å². The van der Waals surface area contributed by atoms with Crippen LogP contribution in [0.15, 0.2) is 18.2 Å². The Balaban J connectivity index is 0.000001000. The Bertz CT molecular complexity index is 240. The van der Waals surface area contributed by atoms with E-state index in [1.165, 1.54) is 6.07 Å². The van der Waals surface area contributed by atoms with Gasteiger partial charge < -0.3 is 12.4 Å². The largest absolute Gasteiger partial charge is 1.00 e. The van der Waals surface area contributed by atoms with E-state index in [-0.39, 0.29) is 12.4 Å². The van der Waals surface area contributed by atoms with Crippen molar-refractivity contribution in [2.75, 3.05) is 0 Å². The maximum Gasteiger partial charge on any atom is -1.00 e. The summed E-state index contributed by atoms with van der Waals surface area (Å²) in [6, 6.07) is 4.28. The van der Waals surface area contributed by atoms with Crippen LogP contribution < -0.4 is 12.4 Å². The van der Waals surface area contributed by atoms with E-state index in [0.717, 1.165) is 24.4 Å². The van der Waals surface area contributed by atoms with Crippen molar-refractivity contribution in [3.05, 3.63) is 35.4 Å². The molecule has 1 rings (SSSR count). The fraction of sp³-hybridized carbons (Fsp3) is 0.143. The van der Waals surface area contributed by atoms with Gasteiger partial charge in [-0.25, -0.2) is 0 Å². The molecule has 0 nitrogen and oxygen atoms in total. The first-order valence-electron chi connectivity index (χ1n) is 2.98. The van der Waals surface area contributed by atoms with E-state index < -0.39 is 11.6 Å². The molecule has 0 saturated heterocycles. The van der Waals surface area contributed by atoms with Gasteiger partial charge >= 0.3 is 67.5 Å². The van der Waals surface area contributed by atoms with Gasteiger partial charge in [-0.05, 0) is 0 Å². The van der Waals surface area contributed by atoms with E-state index in [1.807, 2.05) is 0 Å². The van der Waals surface area contributed by atoms with Gasteiger partial charge in [0.05, 0.1) is 0 Å². The fourth-order valence-corrected chi connectivity index (χ4v) is 1.55. The van der Waals surface area contributed by atoms with E-state index in [4.69, 9.17) is 0 Å². The van der Waals surface area contributed by atoms with Gasteiger partial charge in [0.25, 0.3) is 0 Å². The topological polar surface area (TPSA) is 0 Å². The van der Waals surface area contributed by atoms with Crippen molar-refractivity contribution in [3.8, 4) is 0 Å². The fourth-order valence-electron chi connectivity index (χ4n) is 0.742. The third-order valence-corrected chi connectivity index (χ3v) is 2.43. The molecule has 0 N–H and O–H groups in total. The van der Waals surface area contributed by atoms with Crippen LogP contribution in [0, 0.1) is 11.6 Å². The van der Waals surface area contributed by atoms with Crippen molar-refractivity contribution in [3.63, 3.8) is 0 Å². The smallest absolute Gasteiger partial charge is 1.00 e. The molecule has 0 fully saturated rings. The summed E-state index contributed by atoms with van der Waals surface area (Å²) in [6.45, 7) is 0. The number of halogens is 3. The third kappa shape index (κ3) is 2.50. The van der Waals surface area contributed by atoms with E-state index >= 15 is 0 Å². The Kier molecular flexibility index (Phi) is 4.78. The van der Waals surface area contributed by atoms with Crippen molar-refractivity contribution in [1.82, 2.24) is 0 Å². The summed E-state index contributed by atoms with van der Waals surface area (Å²) in [6.07, 6.45) is 0. The molecule has 0 amide bonds. The van der Waals surface area contributed by atoms with E-state index in [1.54, 1.807) is 6.07 Å². The zero-order valence-corrected chi connectivity index (χ0v) is 9.50. The van der Waals surface area contributed by atoms with Gasteiger partial charge in [-0.2, -0.15) is 0 Å². The van der Waals surface area contributed by atoms with E-state index in [0.29, 0.717) is 10.6 Å². The predicted molar refractivity (Wildman–Crippen MR) is 30.1 cm³/mol. The van der Waals surface area contributed by atoms with Crippen molar-refractivity contribution in [2.45, 2.75) is 5.02 Å². The zero-order chi connectivity index (χ0) is 7.56. The standard InChI is InChI=1S/C7H5F2.ClH.Zn/c1-5-3-2-4-6(8)7(5)9;;/h2-4H,1H2;1H;/q;;+1/p-1. The first-order chi connectivity index (χ1) is 4.75. The molecule has 0 spiro atoms. The van der Waals surface area contributed by atoms with Crippen LogP contribution in [-0.2, 0) is 23.3 Å². The maximum atomic E-state index is 12.6. The van der Waals surface area contributed by atoms with Crippen LogP contribution >= 0.6 is 0 Å². The summed E-state index contributed by atoms with van der Waals surface area (Å²) in [5, 5.41) is 0.656. The van der Waals surface area contributed by atoms with Crippen LogP contribution in [0.5, 0.6) is 0 Å². The van der Waals surface area contributed by atoms with E-state index in [2.05, 4.69) is 0 Å². The minimum absolute atomic E-state index is 0. The Morgan fingerprint density at radius 1 is 1.27 bits per heavy atom. The molecule has 0 bridgehead atoms. The third-order valence-electron chi connectivity index (χ3n) is 1.30. The minimum Gasteiger partial charge on any atom is -1.00 e. The number of benzene rings is 1. The molecule has 4 heteroatoms. The number of hydrogen-bond donors (Lipinski definition) is 0. The molecule has 11 heavy (non-hydrogen) atoms. The molecule has 0 heterocycles. The molecule has 0 aromatic heterocycles. The Hall–Kier alpha value is -0.00662. The molecule has 0 aliphatic carbocycles. The molecule has 0 aliphatic rings. The van der Waals surface area contributed by atoms with Gasteiger partial charge in [-0.1, -0.05) is 0 Å². The quantitative estimate of drug-likeness (QED) is 0.542. The number of rotatable bonds is 1. The van der Waals surface area contributed by atoms with Gasteiger partial charge in [0.2, 0.25) is 0 Å². The maximum absolute atomic E-state index is 12.6. The molecular formula is C7H5ClF2Zn. The second-order valence-electron chi connectivity index (χ2n) is 1.96. The van der Waals surface area contributed by atoms with Crippen LogP contribution in [0.2, 0.25) is 0 Å². The molecule has 1 aromatic rings. The number of hydrogen-bond acceptors (Lipinski definition) is 0. The summed E-state index contributed by atoms with van der Waals surface area (Å²) >= 11 is 0.959. The molecule has 0 unspecified atom stereocenters. The van der Waals surface area contributed by atoms with Crippen molar-refractivity contribution >= 4 is 0 Å². The van der Waals surface area contributed by atoms with Crippen LogP contribution in [0.1, 0.15) is 5.56 Å². The Morgan fingerprint density at radius 2 is 1.91 bits per heavy atom. The minimum atomic E-state index is -0.744. The average Bonchev–Trinajstić information content (AvgIpc) is 1.95. The van der Waals surface area contributed by atoms with Crippen LogP contribution in [0.25, 0.3) is 0 Å². The molecular weight excluding hydrogens is 223 g/mol. The summed E-state index contributed by atoms with van der Waals surface area (Å²) < 4.78 is 25.1. The molecule has 0 atom stereocenters.